The molecule has 3 aromatic rings. The quantitative estimate of drug-likeness (QED) is 0.726. The number of aromatic nitrogens is 5. The fraction of sp³-hybridized carbons (Fsp3) is 0.467. The standard InChI is InChI=1S/C15H18N6OS/c1-4-10-5-11-13(16-9-17-14(11)23-10)21-7-15(8-21,22-3)12-6-18-19-20(12)2/h5-6,9H,4,7-8H2,1-3H3. The fourth-order valence-corrected chi connectivity index (χ4v) is 4.07. The van der Waals surface area contributed by atoms with Gasteiger partial charge in [0, 0.05) is 19.0 Å². The molecule has 23 heavy (non-hydrogen) atoms. The molecule has 0 amide bonds. The van der Waals surface area contributed by atoms with E-state index in [4.69, 9.17) is 4.74 Å². The van der Waals surface area contributed by atoms with Crippen LogP contribution in [-0.4, -0.2) is 45.2 Å². The van der Waals surface area contributed by atoms with Gasteiger partial charge in [0.05, 0.1) is 30.4 Å². The Morgan fingerprint density at radius 1 is 1.35 bits per heavy atom. The van der Waals surface area contributed by atoms with Gasteiger partial charge >= 0.3 is 0 Å². The molecule has 0 aliphatic carbocycles. The molecular formula is C15H18N6OS. The summed E-state index contributed by atoms with van der Waals surface area (Å²) in [7, 11) is 3.63. The van der Waals surface area contributed by atoms with E-state index >= 15 is 0 Å². The van der Waals surface area contributed by atoms with Crippen LogP contribution in [0, 0.1) is 0 Å². The molecule has 0 bridgehead atoms. The topological polar surface area (TPSA) is 69.0 Å². The average Bonchev–Trinajstić information content (AvgIpc) is 3.13. The Morgan fingerprint density at radius 3 is 2.83 bits per heavy atom. The first-order valence-corrected chi connectivity index (χ1v) is 8.37. The van der Waals surface area contributed by atoms with Crippen molar-refractivity contribution in [3.63, 3.8) is 0 Å². The van der Waals surface area contributed by atoms with Crippen LogP contribution in [0.1, 0.15) is 17.5 Å². The highest BCUT2D eigenvalue weighted by Gasteiger charge is 2.48. The molecule has 120 valence electrons. The van der Waals surface area contributed by atoms with Gasteiger partial charge in [0.25, 0.3) is 0 Å². The lowest BCUT2D eigenvalue weighted by molar-refractivity contribution is -0.0446. The van der Waals surface area contributed by atoms with Crippen LogP contribution in [0.5, 0.6) is 0 Å². The van der Waals surface area contributed by atoms with Crippen LogP contribution in [0.15, 0.2) is 18.6 Å². The van der Waals surface area contributed by atoms with Crippen LogP contribution in [0.2, 0.25) is 0 Å². The predicted octanol–water partition coefficient (Wildman–Crippen LogP) is 1.74. The number of anilines is 1. The maximum atomic E-state index is 5.81. The van der Waals surface area contributed by atoms with Crippen LogP contribution >= 0.6 is 11.3 Å². The third-order valence-corrected chi connectivity index (χ3v) is 5.66. The highest BCUT2D eigenvalue weighted by Crippen LogP contribution is 2.40. The second kappa shape index (κ2) is 5.24. The zero-order chi connectivity index (χ0) is 16.0. The first kappa shape index (κ1) is 14.5. The fourth-order valence-electron chi connectivity index (χ4n) is 3.14. The molecular weight excluding hydrogens is 312 g/mol. The molecule has 4 heterocycles. The van der Waals surface area contributed by atoms with Gasteiger partial charge < -0.3 is 9.64 Å². The summed E-state index contributed by atoms with van der Waals surface area (Å²) in [6, 6.07) is 2.20. The van der Waals surface area contributed by atoms with Gasteiger partial charge in [-0.1, -0.05) is 12.1 Å². The van der Waals surface area contributed by atoms with Crippen molar-refractivity contribution in [2.24, 2.45) is 7.05 Å². The first-order chi connectivity index (χ1) is 11.2. The van der Waals surface area contributed by atoms with E-state index in [1.54, 1.807) is 35.7 Å². The number of hydrogen-bond donors (Lipinski definition) is 0. The van der Waals surface area contributed by atoms with Crippen molar-refractivity contribution in [1.82, 2.24) is 25.0 Å². The third-order valence-electron chi connectivity index (χ3n) is 4.47. The SMILES string of the molecule is CCc1cc2c(N3CC(OC)(c4cnnn4C)C3)ncnc2s1. The van der Waals surface area contributed by atoms with E-state index in [2.05, 4.69) is 38.2 Å². The van der Waals surface area contributed by atoms with E-state index in [9.17, 15) is 0 Å². The molecule has 1 saturated heterocycles. The molecule has 8 heteroatoms. The molecule has 1 aliphatic heterocycles. The summed E-state index contributed by atoms with van der Waals surface area (Å²) in [6.45, 7) is 3.62. The monoisotopic (exact) mass is 330 g/mol. The maximum Gasteiger partial charge on any atom is 0.146 e. The number of methoxy groups -OCH3 is 1. The van der Waals surface area contributed by atoms with Crippen molar-refractivity contribution in [2.45, 2.75) is 18.9 Å². The van der Waals surface area contributed by atoms with Crippen molar-refractivity contribution >= 4 is 27.4 Å². The van der Waals surface area contributed by atoms with E-state index in [1.165, 1.54) is 4.88 Å². The summed E-state index contributed by atoms with van der Waals surface area (Å²) in [4.78, 5) is 13.5. The summed E-state index contributed by atoms with van der Waals surface area (Å²) < 4.78 is 7.58. The second-order valence-corrected chi connectivity index (χ2v) is 6.89. The minimum atomic E-state index is -0.376. The van der Waals surface area contributed by atoms with Crippen LogP contribution in [0.4, 0.5) is 5.82 Å². The van der Waals surface area contributed by atoms with Crippen molar-refractivity contribution < 1.29 is 4.74 Å². The number of fused-ring (bicyclic) bond motifs is 1. The van der Waals surface area contributed by atoms with Crippen LogP contribution < -0.4 is 4.90 Å². The lowest BCUT2D eigenvalue weighted by Gasteiger charge is -2.49. The molecule has 0 aromatic carbocycles. The zero-order valence-electron chi connectivity index (χ0n) is 13.4. The molecule has 0 unspecified atom stereocenters. The Labute approximate surface area is 137 Å². The van der Waals surface area contributed by atoms with Crippen LogP contribution in [-0.2, 0) is 23.8 Å². The summed E-state index contributed by atoms with van der Waals surface area (Å²) in [5, 5.41) is 9.12. The molecule has 4 rings (SSSR count). The van der Waals surface area contributed by atoms with Crippen LogP contribution in [0.3, 0.4) is 0 Å². The Morgan fingerprint density at radius 2 is 2.17 bits per heavy atom. The average molecular weight is 330 g/mol. The Bertz CT molecular complexity index is 851. The molecule has 1 aliphatic rings. The number of ether oxygens (including phenoxy) is 1. The van der Waals surface area contributed by atoms with Gasteiger partial charge in [-0.15, -0.1) is 16.4 Å². The van der Waals surface area contributed by atoms with Gasteiger partial charge in [0.15, 0.2) is 0 Å². The van der Waals surface area contributed by atoms with E-state index < -0.39 is 0 Å². The number of aryl methyl sites for hydroxylation is 2. The maximum absolute atomic E-state index is 5.81. The largest absolute Gasteiger partial charge is 0.368 e. The van der Waals surface area contributed by atoms with Crippen molar-refractivity contribution in [3.8, 4) is 0 Å². The Balaban J connectivity index is 1.67. The number of hydrogen-bond acceptors (Lipinski definition) is 7. The molecule has 0 N–H and O–H groups in total. The number of nitrogens with zero attached hydrogens (tertiary/aromatic N) is 6. The number of rotatable bonds is 4. The highest BCUT2D eigenvalue weighted by atomic mass is 32.1. The lowest BCUT2D eigenvalue weighted by Crippen LogP contribution is -2.61. The highest BCUT2D eigenvalue weighted by molar-refractivity contribution is 7.18. The van der Waals surface area contributed by atoms with Gasteiger partial charge in [-0.2, -0.15) is 0 Å². The van der Waals surface area contributed by atoms with Gasteiger partial charge in [-0.3, -0.25) is 0 Å². The lowest BCUT2D eigenvalue weighted by atomic mass is 9.90. The van der Waals surface area contributed by atoms with E-state index in [0.29, 0.717) is 0 Å². The Hall–Kier alpha value is -2.06. The van der Waals surface area contributed by atoms with Crippen LogP contribution in [0.25, 0.3) is 10.2 Å². The normalized spacial score (nSPS) is 16.7. The minimum absolute atomic E-state index is 0.376. The van der Waals surface area contributed by atoms with Crippen molar-refractivity contribution in [2.75, 3.05) is 25.1 Å². The first-order valence-electron chi connectivity index (χ1n) is 7.55. The molecule has 3 aromatic heterocycles. The van der Waals surface area contributed by atoms with Gasteiger partial charge in [0.1, 0.15) is 22.6 Å². The number of thiophene rings is 1. The van der Waals surface area contributed by atoms with Gasteiger partial charge in [-0.25, -0.2) is 14.6 Å². The summed E-state index contributed by atoms with van der Waals surface area (Å²) in [5.74, 6) is 0.980. The molecule has 0 spiro atoms. The smallest absolute Gasteiger partial charge is 0.146 e. The third kappa shape index (κ3) is 2.13. The zero-order valence-corrected chi connectivity index (χ0v) is 14.2. The van der Waals surface area contributed by atoms with Gasteiger partial charge in [-0.05, 0) is 12.5 Å². The summed E-state index contributed by atoms with van der Waals surface area (Å²) in [5.41, 5.74) is 0.611. The molecule has 7 nitrogen and oxygen atoms in total. The summed E-state index contributed by atoms with van der Waals surface area (Å²) in [6.07, 6.45) is 4.44. The van der Waals surface area contributed by atoms with Crippen molar-refractivity contribution in [1.29, 1.82) is 0 Å². The molecule has 0 atom stereocenters. The molecule has 0 radical (unpaired) electrons. The minimum Gasteiger partial charge on any atom is -0.368 e. The molecule has 1 fully saturated rings. The van der Waals surface area contributed by atoms with E-state index in [1.807, 2.05) is 7.05 Å². The van der Waals surface area contributed by atoms with Crippen molar-refractivity contribution in [3.05, 3.63) is 29.2 Å². The van der Waals surface area contributed by atoms with E-state index in [-0.39, 0.29) is 5.60 Å². The second-order valence-electron chi connectivity index (χ2n) is 5.78. The molecule has 0 saturated carbocycles. The summed E-state index contributed by atoms with van der Waals surface area (Å²) >= 11 is 1.74. The Kier molecular flexibility index (Phi) is 3.31. The predicted molar refractivity (Wildman–Crippen MR) is 88.7 cm³/mol. The van der Waals surface area contributed by atoms with E-state index in [0.717, 1.165) is 41.2 Å². The van der Waals surface area contributed by atoms with Gasteiger partial charge in [0.2, 0.25) is 0 Å².